The van der Waals surface area contributed by atoms with E-state index in [1.54, 1.807) is 12.1 Å². The van der Waals surface area contributed by atoms with Crippen molar-refractivity contribution in [2.45, 2.75) is 31.5 Å². The van der Waals surface area contributed by atoms with E-state index < -0.39 is 26.7 Å². The molecule has 0 bridgehead atoms. The van der Waals surface area contributed by atoms with E-state index in [9.17, 15) is 21.6 Å². The van der Waals surface area contributed by atoms with Crippen molar-refractivity contribution < 1.29 is 21.6 Å². The van der Waals surface area contributed by atoms with Crippen LogP contribution in [-0.4, -0.2) is 26.5 Å². The number of benzene rings is 1. The fourth-order valence-electron chi connectivity index (χ4n) is 2.47. The topological polar surface area (TPSA) is 62.3 Å². The summed E-state index contributed by atoms with van der Waals surface area (Å²) in [4.78, 5) is 5.40. The Labute approximate surface area is 161 Å². The van der Waals surface area contributed by atoms with E-state index >= 15 is 0 Å². The molecule has 0 aliphatic rings. The molecular weight excluding hydrogens is 403 g/mol. The molecule has 1 aromatic carbocycles. The lowest BCUT2D eigenvalue weighted by molar-refractivity contribution is -0.139. The van der Waals surface area contributed by atoms with Gasteiger partial charge in [-0.1, -0.05) is 17.7 Å². The number of hydrogen-bond donors (Lipinski definition) is 1. The largest absolute Gasteiger partial charge is 0.417 e. The molecule has 0 atom stereocenters. The van der Waals surface area contributed by atoms with Crippen LogP contribution in [0, 0.1) is 0 Å². The Balaban J connectivity index is 2.21. The lowest BCUT2D eigenvalue weighted by Crippen LogP contribution is -2.26. The van der Waals surface area contributed by atoms with Crippen molar-refractivity contribution in [2.75, 3.05) is 18.0 Å². The molecule has 148 valence electrons. The van der Waals surface area contributed by atoms with Crippen LogP contribution < -0.4 is 9.62 Å². The average molecular weight is 422 g/mol. The highest BCUT2D eigenvalue weighted by Crippen LogP contribution is 2.35. The molecule has 0 amide bonds. The van der Waals surface area contributed by atoms with E-state index in [2.05, 4.69) is 9.71 Å². The average Bonchev–Trinajstić information content (AvgIpc) is 2.61. The number of aromatic nitrogens is 1. The summed E-state index contributed by atoms with van der Waals surface area (Å²) >= 11 is 5.58. The molecule has 27 heavy (non-hydrogen) atoms. The van der Waals surface area contributed by atoms with Gasteiger partial charge in [0.25, 0.3) is 0 Å². The molecule has 1 aromatic heterocycles. The minimum atomic E-state index is -4.85. The Morgan fingerprint density at radius 2 is 1.81 bits per heavy atom. The molecule has 0 aliphatic heterocycles. The van der Waals surface area contributed by atoms with Crippen LogP contribution in [0.5, 0.6) is 0 Å². The molecule has 0 radical (unpaired) electrons. The van der Waals surface area contributed by atoms with Gasteiger partial charge >= 0.3 is 6.18 Å². The van der Waals surface area contributed by atoms with Crippen molar-refractivity contribution in [2.24, 2.45) is 0 Å². The molecule has 0 saturated heterocycles. The van der Waals surface area contributed by atoms with Crippen LogP contribution in [0.2, 0.25) is 5.02 Å². The molecule has 0 unspecified atom stereocenters. The highest BCUT2D eigenvalue weighted by Gasteiger charge is 2.37. The molecule has 2 rings (SSSR count). The first-order valence-electron chi connectivity index (χ1n) is 8.14. The van der Waals surface area contributed by atoms with E-state index in [0.717, 1.165) is 31.0 Å². The van der Waals surface area contributed by atoms with Crippen LogP contribution in [0.15, 0.2) is 41.4 Å². The second-order valence-electron chi connectivity index (χ2n) is 5.66. The van der Waals surface area contributed by atoms with Gasteiger partial charge < -0.3 is 4.90 Å². The maximum Gasteiger partial charge on any atom is 0.417 e. The van der Waals surface area contributed by atoms with Gasteiger partial charge in [0.05, 0.1) is 10.5 Å². The number of nitrogens with one attached hydrogen (secondary N) is 1. The monoisotopic (exact) mass is 421 g/mol. The van der Waals surface area contributed by atoms with Crippen molar-refractivity contribution >= 4 is 27.4 Å². The first-order chi connectivity index (χ1) is 12.6. The van der Waals surface area contributed by atoms with Gasteiger partial charge in [-0.25, -0.2) is 18.1 Å². The highest BCUT2D eigenvalue weighted by molar-refractivity contribution is 7.89. The van der Waals surface area contributed by atoms with Crippen LogP contribution in [0.25, 0.3) is 0 Å². The number of pyridine rings is 1. The Kier molecular flexibility index (Phi) is 6.72. The predicted molar refractivity (Wildman–Crippen MR) is 98.3 cm³/mol. The van der Waals surface area contributed by atoms with E-state index in [-0.39, 0.29) is 11.6 Å². The lowest BCUT2D eigenvalue weighted by Gasteiger charge is -2.19. The first kappa shape index (κ1) is 21.5. The summed E-state index contributed by atoms with van der Waals surface area (Å²) in [5.41, 5.74) is -0.783. The molecule has 0 fully saturated rings. The van der Waals surface area contributed by atoms with Gasteiger partial charge in [0.2, 0.25) is 10.0 Å². The number of rotatable bonds is 7. The van der Waals surface area contributed by atoms with Crippen molar-refractivity contribution in [1.82, 2.24) is 9.71 Å². The van der Waals surface area contributed by atoms with Gasteiger partial charge in [-0.3, -0.25) is 0 Å². The third-order valence-corrected chi connectivity index (χ3v) is 5.59. The van der Waals surface area contributed by atoms with Gasteiger partial charge in [-0.15, -0.1) is 0 Å². The van der Waals surface area contributed by atoms with Crippen molar-refractivity contribution in [3.05, 3.63) is 52.7 Å². The predicted octanol–water partition coefficient (Wildman–Crippen LogP) is 4.08. The third kappa shape index (κ3) is 5.33. The summed E-state index contributed by atoms with van der Waals surface area (Å²) in [5, 5.41) is -0.197. The zero-order chi connectivity index (χ0) is 20.2. The number of nitrogens with zero attached hydrogens (tertiary/aromatic N) is 2. The van der Waals surface area contributed by atoms with Gasteiger partial charge in [0.1, 0.15) is 5.82 Å². The standard InChI is InChI=1S/C17H19ClF3N3O2S/c1-3-24(4-2)16-8-5-12(10-22-16)11-23-27(25,26)15-7-6-13(18)9-14(15)17(19,20)21/h5-10,23H,3-4,11H2,1-2H3. The van der Waals surface area contributed by atoms with Crippen LogP contribution >= 0.6 is 11.6 Å². The van der Waals surface area contributed by atoms with Crippen molar-refractivity contribution in [1.29, 1.82) is 0 Å². The van der Waals surface area contributed by atoms with E-state index in [0.29, 0.717) is 11.6 Å². The van der Waals surface area contributed by atoms with E-state index in [4.69, 9.17) is 11.6 Å². The summed E-state index contributed by atoms with van der Waals surface area (Å²) in [6.45, 7) is 5.32. The summed E-state index contributed by atoms with van der Waals surface area (Å²) < 4.78 is 66.3. The van der Waals surface area contributed by atoms with Crippen LogP contribution in [0.1, 0.15) is 25.0 Å². The number of sulfonamides is 1. The van der Waals surface area contributed by atoms with Crippen LogP contribution in [0.4, 0.5) is 19.0 Å². The first-order valence-corrected chi connectivity index (χ1v) is 10.0. The minimum Gasteiger partial charge on any atom is -0.357 e. The summed E-state index contributed by atoms with van der Waals surface area (Å²) in [6.07, 6.45) is -3.36. The number of halogens is 4. The van der Waals surface area contributed by atoms with Gasteiger partial charge in [-0.05, 0) is 43.7 Å². The van der Waals surface area contributed by atoms with Crippen LogP contribution in [-0.2, 0) is 22.7 Å². The molecular formula is C17H19ClF3N3O2S. The minimum absolute atomic E-state index is 0.187. The fourth-order valence-corrected chi connectivity index (χ4v) is 3.87. The molecule has 0 saturated carbocycles. The summed E-state index contributed by atoms with van der Waals surface area (Å²) in [5.74, 6) is 0.740. The third-order valence-electron chi connectivity index (χ3n) is 3.90. The van der Waals surface area contributed by atoms with E-state index in [1.807, 2.05) is 18.7 Å². The molecule has 5 nitrogen and oxygen atoms in total. The smallest absolute Gasteiger partial charge is 0.357 e. The quantitative estimate of drug-likeness (QED) is 0.731. The molecule has 0 aliphatic carbocycles. The zero-order valence-corrected chi connectivity index (χ0v) is 16.3. The number of hydrogen-bond acceptors (Lipinski definition) is 4. The summed E-state index contributed by atoms with van der Waals surface area (Å²) in [6, 6.07) is 5.95. The second-order valence-corrected chi connectivity index (χ2v) is 7.83. The van der Waals surface area contributed by atoms with Gasteiger partial charge in [0.15, 0.2) is 0 Å². The fraction of sp³-hybridized carbons (Fsp3) is 0.353. The Hall–Kier alpha value is -1.84. The lowest BCUT2D eigenvalue weighted by atomic mass is 10.2. The SMILES string of the molecule is CCN(CC)c1ccc(CNS(=O)(=O)c2ccc(Cl)cc2C(F)(F)F)cn1. The molecule has 10 heteroatoms. The van der Waals surface area contributed by atoms with E-state index in [1.165, 1.54) is 6.20 Å². The molecule has 0 spiro atoms. The Bertz CT molecular complexity index is 883. The molecule has 1 N–H and O–H groups in total. The second kappa shape index (κ2) is 8.45. The molecule has 2 aromatic rings. The van der Waals surface area contributed by atoms with Crippen molar-refractivity contribution in [3.8, 4) is 0 Å². The number of alkyl halides is 3. The maximum absolute atomic E-state index is 13.1. The van der Waals surface area contributed by atoms with Gasteiger partial charge in [0, 0.05) is 30.9 Å². The van der Waals surface area contributed by atoms with Crippen molar-refractivity contribution in [3.63, 3.8) is 0 Å². The summed E-state index contributed by atoms with van der Waals surface area (Å²) in [7, 11) is -4.39. The zero-order valence-electron chi connectivity index (χ0n) is 14.7. The maximum atomic E-state index is 13.1. The highest BCUT2D eigenvalue weighted by atomic mass is 35.5. The van der Waals surface area contributed by atoms with Crippen LogP contribution in [0.3, 0.4) is 0 Å². The Morgan fingerprint density at radius 1 is 1.15 bits per heavy atom. The Morgan fingerprint density at radius 3 is 2.33 bits per heavy atom. The number of anilines is 1. The van der Waals surface area contributed by atoms with Gasteiger partial charge in [-0.2, -0.15) is 13.2 Å². The normalized spacial score (nSPS) is 12.2. The molecule has 1 heterocycles.